The zero-order chi connectivity index (χ0) is 24.4. The summed E-state index contributed by atoms with van der Waals surface area (Å²) < 4.78 is 38.6. The van der Waals surface area contributed by atoms with E-state index in [9.17, 15) is 22.9 Å². The Kier molecular flexibility index (Phi) is 11.1. The number of carbonyl (C=O) groups is 1. The molecule has 0 saturated heterocycles. The number of aliphatic hydroxyl groups excluding tert-OH is 1. The molecule has 182 valence electrons. The predicted octanol–water partition coefficient (Wildman–Crippen LogP) is 1.80. The molecule has 0 spiro atoms. The minimum atomic E-state index is -1.09. The highest BCUT2D eigenvalue weighted by molar-refractivity contribution is 7.84. The maximum atomic E-state index is 13.6. The van der Waals surface area contributed by atoms with Crippen LogP contribution in [0.25, 0.3) is 0 Å². The normalized spacial score (nSPS) is 15.0. The number of benzene rings is 2. The molecule has 0 saturated carbocycles. The fraction of sp³-hybridized carbons (Fsp3) is 0.458. The number of hydrogen-bond donors (Lipinski definition) is 4. The van der Waals surface area contributed by atoms with Gasteiger partial charge in [0, 0.05) is 42.0 Å². The van der Waals surface area contributed by atoms with Crippen LogP contribution in [-0.2, 0) is 35.0 Å². The van der Waals surface area contributed by atoms with Crippen LogP contribution in [0.5, 0.6) is 0 Å². The SMILES string of the molecule is CCc1cccc(CNC[C@@H](O)[C@H](Cc2cc(F)cc(F)c2)NC(=O)[C@H](N)CCS(C)=O)c1. The minimum Gasteiger partial charge on any atom is -0.390 e. The Hall–Kier alpha value is -2.20. The number of hydrogen-bond acceptors (Lipinski definition) is 5. The van der Waals surface area contributed by atoms with E-state index in [2.05, 4.69) is 23.6 Å². The summed E-state index contributed by atoms with van der Waals surface area (Å²) in [4.78, 5) is 12.5. The highest BCUT2D eigenvalue weighted by atomic mass is 32.2. The highest BCUT2D eigenvalue weighted by Crippen LogP contribution is 2.13. The van der Waals surface area contributed by atoms with Crippen molar-refractivity contribution in [1.82, 2.24) is 10.6 Å². The van der Waals surface area contributed by atoms with Crippen LogP contribution in [-0.4, -0.2) is 52.0 Å². The Bertz CT molecular complexity index is 925. The summed E-state index contributed by atoms with van der Waals surface area (Å²) in [6.07, 6.45) is 1.64. The number of nitrogens with two attached hydrogens (primary N) is 1. The van der Waals surface area contributed by atoms with E-state index in [0.29, 0.717) is 12.1 Å². The van der Waals surface area contributed by atoms with Gasteiger partial charge in [-0.2, -0.15) is 0 Å². The van der Waals surface area contributed by atoms with Gasteiger partial charge in [-0.3, -0.25) is 9.00 Å². The molecule has 0 radical (unpaired) electrons. The standard InChI is InChI=1S/C24H33F2N3O3S/c1-3-16-5-4-6-17(9-16)14-28-15-23(30)22(12-18-10-19(25)13-20(26)11-18)29-24(31)21(27)7-8-33(2)32/h4-6,9-11,13,21-23,28,30H,3,7-8,12,14-15,27H2,1-2H3,(H,29,31)/t21-,22+,23-,33?/m1/s1. The molecule has 0 fully saturated rings. The number of aryl methyl sites for hydroxylation is 1. The Balaban J connectivity index is 2.05. The molecule has 0 bridgehead atoms. The van der Waals surface area contributed by atoms with Crippen molar-refractivity contribution in [2.24, 2.45) is 5.73 Å². The van der Waals surface area contributed by atoms with Crippen molar-refractivity contribution in [3.63, 3.8) is 0 Å². The van der Waals surface area contributed by atoms with Gasteiger partial charge in [0.2, 0.25) is 5.91 Å². The molecule has 5 N–H and O–H groups in total. The molecular formula is C24H33F2N3O3S. The van der Waals surface area contributed by atoms with E-state index < -0.39 is 46.5 Å². The van der Waals surface area contributed by atoms with E-state index in [0.717, 1.165) is 18.1 Å². The maximum absolute atomic E-state index is 13.6. The summed E-state index contributed by atoms with van der Waals surface area (Å²) in [5.41, 5.74) is 8.46. The predicted molar refractivity (Wildman–Crippen MR) is 127 cm³/mol. The van der Waals surface area contributed by atoms with E-state index in [1.807, 2.05) is 18.2 Å². The van der Waals surface area contributed by atoms with Crippen molar-refractivity contribution in [2.45, 2.75) is 50.9 Å². The van der Waals surface area contributed by atoms with Crippen molar-refractivity contribution in [3.8, 4) is 0 Å². The fourth-order valence-electron chi connectivity index (χ4n) is 3.45. The van der Waals surface area contributed by atoms with Crippen LogP contribution in [0, 0.1) is 11.6 Å². The molecule has 0 aliphatic heterocycles. The molecule has 1 unspecified atom stereocenters. The third-order valence-corrected chi connectivity index (χ3v) is 6.12. The van der Waals surface area contributed by atoms with Crippen LogP contribution in [0.15, 0.2) is 42.5 Å². The number of amides is 1. The molecule has 0 aliphatic carbocycles. The number of aliphatic hydroxyl groups is 1. The molecule has 9 heteroatoms. The van der Waals surface area contributed by atoms with Crippen molar-refractivity contribution in [2.75, 3.05) is 18.6 Å². The van der Waals surface area contributed by atoms with E-state index in [4.69, 9.17) is 5.73 Å². The molecule has 33 heavy (non-hydrogen) atoms. The quantitative estimate of drug-likeness (QED) is 0.349. The Morgan fingerprint density at radius 1 is 1.12 bits per heavy atom. The molecule has 2 aromatic carbocycles. The van der Waals surface area contributed by atoms with Gasteiger partial charge in [0.25, 0.3) is 0 Å². The lowest BCUT2D eigenvalue weighted by Gasteiger charge is -2.26. The van der Waals surface area contributed by atoms with Crippen LogP contribution in [0.2, 0.25) is 0 Å². The van der Waals surface area contributed by atoms with Gasteiger partial charge in [0.15, 0.2) is 0 Å². The first-order chi connectivity index (χ1) is 15.7. The van der Waals surface area contributed by atoms with Crippen LogP contribution in [0.3, 0.4) is 0 Å². The van der Waals surface area contributed by atoms with Gasteiger partial charge in [-0.25, -0.2) is 8.78 Å². The minimum absolute atomic E-state index is 0.0149. The number of rotatable bonds is 13. The monoisotopic (exact) mass is 481 g/mol. The topological polar surface area (TPSA) is 104 Å². The Morgan fingerprint density at radius 2 is 1.79 bits per heavy atom. The van der Waals surface area contributed by atoms with Gasteiger partial charge in [0.1, 0.15) is 11.6 Å². The molecular weight excluding hydrogens is 448 g/mol. The molecule has 0 aliphatic rings. The molecule has 0 aromatic heterocycles. The van der Waals surface area contributed by atoms with Crippen LogP contribution < -0.4 is 16.4 Å². The Morgan fingerprint density at radius 3 is 2.42 bits per heavy atom. The number of halogens is 2. The lowest BCUT2D eigenvalue weighted by molar-refractivity contribution is -0.123. The van der Waals surface area contributed by atoms with Crippen molar-refractivity contribution < 1.29 is 22.9 Å². The molecule has 1 amide bonds. The summed E-state index contributed by atoms with van der Waals surface area (Å²) in [5.74, 6) is -1.71. The number of carbonyl (C=O) groups excluding carboxylic acids is 1. The zero-order valence-corrected chi connectivity index (χ0v) is 19.8. The average molecular weight is 482 g/mol. The first kappa shape index (κ1) is 27.0. The Labute approximate surface area is 196 Å². The van der Waals surface area contributed by atoms with E-state index in [1.165, 1.54) is 24.0 Å². The summed E-state index contributed by atoms with van der Waals surface area (Å²) in [5, 5.41) is 16.6. The summed E-state index contributed by atoms with van der Waals surface area (Å²) in [6, 6.07) is 9.42. The first-order valence-electron chi connectivity index (χ1n) is 11.0. The van der Waals surface area contributed by atoms with Crippen LogP contribution in [0.4, 0.5) is 8.78 Å². The second-order valence-electron chi connectivity index (χ2n) is 8.14. The molecule has 4 atom stereocenters. The highest BCUT2D eigenvalue weighted by Gasteiger charge is 2.25. The lowest BCUT2D eigenvalue weighted by Crippen LogP contribution is -2.53. The molecule has 0 heterocycles. The second-order valence-corrected chi connectivity index (χ2v) is 9.70. The van der Waals surface area contributed by atoms with Crippen LogP contribution in [0.1, 0.15) is 30.0 Å². The van der Waals surface area contributed by atoms with E-state index in [1.54, 1.807) is 0 Å². The largest absolute Gasteiger partial charge is 0.390 e. The average Bonchev–Trinajstić information content (AvgIpc) is 2.76. The van der Waals surface area contributed by atoms with Crippen LogP contribution >= 0.6 is 0 Å². The molecule has 2 rings (SSSR count). The van der Waals surface area contributed by atoms with Crippen molar-refractivity contribution in [1.29, 1.82) is 0 Å². The van der Waals surface area contributed by atoms with Crippen molar-refractivity contribution in [3.05, 3.63) is 70.8 Å². The van der Waals surface area contributed by atoms with Gasteiger partial charge in [-0.15, -0.1) is 0 Å². The smallest absolute Gasteiger partial charge is 0.237 e. The molecule has 6 nitrogen and oxygen atoms in total. The third kappa shape index (κ3) is 9.67. The fourth-order valence-corrected chi connectivity index (χ4v) is 4.03. The van der Waals surface area contributed by atoms with Crippen molar-refractivity contribution >= 4 is 16.7 Å². The maximum Gasteiger partial charge on any atom is 0.237 e. The number of nitrogens with one attached hydrogen (secondary N) is 2. The lowest BCUT2D eigenvalue weighted by atomic mass is 10.00. The third-order valence-electron chi connectivity index (χ3n) is 5.31. The first-order valence-corrected chi connectivity index (χ1v) is 12.7. The summed E-state index contributed by atoms with van der Waals surface area (Å²) in [6.45, 7) is 2.73. The van der Waals surface area contributed by atoms with E-state index in [-0.39, 0.29) is 25.1 Å². The van der Waals surface area contributed by atoms with Gasteiger partial charge >= 0.3 is 0 Å². The second kappa shape index (κ2) is 13.5. The van der Waals surface area contributed by atoms with Gasteiger partial charge in [-0.05, 0) is 48.1 Å². The van der Waals surface area contributed by atoms with E-state index >= 15 is 0 Å². The summed E-state index contributed by atoms with van der Waals surface area (Å²) >= 11 is 0. The van der Waals surface area contributed by atoms with Gasteiger partial charge in [0.05, 0.1) is 18.2 Å². The summed E-state index contributed by atoms with van der Waals surface area (Å²) in [7, 11) is -1.09. The molecule has 2 aromatic rings. The zero-order valence-electron chi connectivity index (χ0n) is 19.0. The van der Waals surface area contributed by atoms with Gasteiger partial charge in [-0.1, -0.05) is 31.2 Å². The van der Waals surface area contributed by atoms with Gasteiger partial charge < -0.3 is 21.5 Å².